The van der Waals surface area contributed by atoms with E-state index in [1.807, 2.05) is 18.1 Å². The number of aromatic nitrogens is 3. The van der Waals surface area contributed by atoms with E-state index in [4.69, 9.17) is 0 Å². The second-order valence-corrected chi connectivity index (χ2v) is 8.19. The van der Waals surface area contributed by atoms with Gasteiger partial charge in [0.2, 0.25) is 0 Å². The third-order valence-corrected chi connectivity index (χ3v) is 3.92. The van der Waals surface area contributed by atoms with Gasteiger partial charge in [0, 0.05) is 32.1 Å². The molecule has 0 saturated heterocycles. The lowest BCUT2D eigenvalue weighted by Gasteiger charge is -2.15. The molecule has 1 N–H and O–H groups in total. The van der Waals surface area contributed by atoms with Crippen molar-refractivity contribution < 1.29 is 8.42 Å². The predicted octanol–water partition coefficient (Wildman–Crippen LogP) is 0.000100. The largest absolute Gasteiger partial charge is 0.311 e. The maximum absolute atomic E-state index is 11.1. The molecule has 0 atom stereocenters. The monoisotopic (exact) mass is 317 g/mol. The lowest BCUT2D eigenvalue weighted by Crippen LogP contribution is -2.28. The molecule has 21 heavy (non-hydrogen) atoms. The van der Waals surface area contributed by atoms with Gasteiger partial charge in [-0.1, -0.05) is 19.1 Å². The molecule has 1 heterocycles. The zero-order valence-electron chi connectivity index (χ0n) is 13.4. The van der Waals surface area contributed by atoms with Gasteiger partial charge in [-0.05, 0) is 19.5 Å². The van der Waals surface area contributed by atoms with Crippen LogP contribution in [0.3, 0.4) is 0 Å². The van der Waals surface area contributed by atoms with E-state index in [0.29, 0.717) is 19.0 Å². The number of nitrogens with zero attached hydrogens (tertiary/aromatic N) is 4. The van der Waals surface area contributed by atoms with Crippen LogP contribution < -0.4 is 5.32 Å². The molecule has 0 saturated carbocycles. The number of sulfone groups is 1. The molecule has 0 radical (unpaired) electrons. The molecule has 1 aromatic rings. The normalized spacial score (nSPS) is 12.5. The predicted molar refractivity (Wildman–Crippen MR) is 83.8 cm³/mol. The van der Waals surface area contributed by atoms with E-state index in [-0.39, 0.29) is 5.75 Å². The SMILES string of the molecule is CC(C)CNCc1cn(CCN(C)CCS(C)(=O)=O)nn1. The van der Waals surface area contributed by atoms with E-state index in [9.17, 15) is 8.42 Å². The van der Waals surface area contributed by atoms with Gasteiger partial charge >= 0.3 is 0 Å². The van der Waals surface area contributed by atoms with Crippen molar-refractivity contribution >= 4 is 9.84 Å². The molecule has 0 aliphatic carbocycles. The van der Waals surface area contributed by atoms with Gasteiger partial charge in [-0.15, -0.1) is 5.10 Å². The Hall–Kier alpha value is -0.990. The Morgan fingerprint density at radius 1 is 1.38 bits per heavy atom. The fourth-order valence-corrected chi connectivity index (χ4v) is 2.37. The minimum absolute atomic E-state index is 0.186. The van der Waals surface area contributed by atoms with Gasteiger partial charge in [0.05, 0.1) is 18.0 Å². The van der Waals surface area contributed by atoms with Crippen molar-refractivity contribution in [2.75, 3.05) is 38.7 Å². The first-order chi connectivity index (χ1) is 9.76. The van der Waals surface area contributed by atoms with Crippen LogP contribution in [0.2, 0.25) is 0 Å². The molecule has 0 aliphatic heterocycles. The van der Waals surface area contributed by atoms with Gasteiger partial charge < -0.3 is 10.2 Å². The Morgan fingerprint density at radius 3 is 2.71 bits per heavy atom. The molecule has 0 bridgehead atoms. The molecule has 0 amide bonds. The number of likely N-dealkylation sites (N-methyl/N-ethyl adjacent to an activating group) is 1. The van der Waals surface area contributed by atoms with Crippen LogP contribution in [0.4, 0.5) is 0 Å². The van der Waals surface area contributed by atoms with Crippen molar-refractivity contribution in [2.24, 2.45) is 5.92 Å². The Morgan fingerprint density at radius 2 is 2.10 bits per heavy atom. The summed E-state index contributed by atoms with van der Waals surface area (Å²) in [6.07, 6.45) is 3.19. The summed E-state index contributed by atoms with van der Waals surface area (Å²) in [5.41, 5.74) is 0.925. The zero-order valence-corrected chi connectivity index (χ0v) is 14.2. The van der Waals surface area contributed by atoms with Gasteiger partial charge in [-0.2, -0.15) is 0 Å². The van der Waals surface area contributed by atoms with Crippen LogP contribution in [0.1, 0.15) is 19.5 Å². The number of hydrogen-bond donors (Lipinski definition) is 1. The molecule has 0 fully saturated rings. The minimum Gasteiger partial charge on any atom is -0.311 e. The van der Waals surface area contributed by atoms with E-state index < -0.39 is 9.84 Å². The van der Waals surface area contributed by atoms with Crippen LogP contribution in [-0.2, 0) is 22.9 Å². The van der Waals surface area contributed by atoms with Crippen molar-refractivity contribution in [1.82, 2.24) is 25.2 Å². The minimum atomic E-state index is -2.90. The van der Waals surface area contributed by atoms with E-state index in [1.54, 1.807) is 4.68 Å². The van der Waals surface area contributed by atoms with Gasteiger partial charge in [-0.25, -0.2) is 8.42 Å². The summed E-state index contributed by atoms with van der Waals surface area (Å²) >= 11 is 0. The second kappa shape index (κ2) is 8.45. The van der Waals surface area contributed by atoms with E-state index >= 15 is 0 Å². The molecule has 0 spiro atoms. The summed E-state index contributed by atoms with van der Waals surface area (Å²) in [5.74, 6) is 0.800. The summed E-state index contributed by atoms with van der Waals surface area (Å²) in [4.78, 5) is 1.99. The summed E-state index contributed by atoms with van der Waals surface area (Å²) in [5, 5.41) is 11.5. The van der Waals surface area contributed by atoms with Gasteiger partial charge in [-0.3, -0.25) is 4.68 Å². The molecule has 1 aromatic heterocycles. The molecule has 8 heteroatoms. The molecule has 0 unspecified atom stereocenters. The molecule has 1 rings (SSSR count). The maximum Gasteiger partial charge on any atom is 0.148 e. The summed E-state index contributed by atoms with van der Waals surface area (Å²) in [6, 6.07) is 0. The molecule has 122 valence electrons. The third-order valence-electron chi connectivity index (χ3n) is 3.00. The Balaban J connectivity index is 2.28. The number of rotatable bonds is 10. The quantitative estimate of drug-likeness (QED) is 0.654. The summed E-state index contributed by atoms with van der Waals surface area (Å²) < 4.78 is 24.0. The van der Waals surface area contributed by atoms with Crippen molar-refractivity contribution in [3.05, 3.63) is 11.9 Å². The topological polar surface area (TPSA) is 80.1 Å². The van der Waals surface area contributed by atoms with E-state index in [2.05, 4.69) is 29.5 Å². The Kier molecular flexibility index (Phi) is 7.27. The highest BCUT2D eigenvalue weighted by Gasteiger charge is 2.06. The number of hydrogen-bond acceptors (Lipinski definition) is 6. The van der Waals surface area contributed by atoms with Crippen LogP contribution in [0.25, 0.3) is 0 Å². The first-order valence-electron chi connectivity index (χ1n) is 7.22. The van der Waals surface area contributed by atoms with E-state index in [0.717, 1.165) is 25.3 Å². The van der Waals surface area contributed by atoms with E-state index in [1.165, 1.54) is 6.26 Å². The highest BCUT2D eigenvalue weighted by Crippen LogP contribution is 1.96. The van der Waals surface area contributed by atoms with Crippen molar-refractivity contribution in [1.29, 1.82) is 0 Å². The fraction of sp³-hybridized carbons (Fsp3) is 0.846. The average molecular weight is 317 g/mol. The molecular formula is C13H27N5O2S. The first-order valence-corrected chi connectivity index (χ1v) is 9.28. The van der Waals surface area contributed by atoms with Crippen LogP contribution in [-0.4, -0.2) is 67.0 Å². The molecule has 0 aliphatic rings. The fourth-order valence-electron chi connectivity index (χ4n) is 1.72. The first kappa shape index (κ1) is 18.1. The van der Waals surface area contributed by atoms with Gasteiger partial charge in [0.1, 0.15) is 9.84 Å². The van der Waals surface area contributed by atoms with Gasteiger partial charge in [0.15, 0.2) is 0 Å². The average Bonchev–Trinajstić information content (AvgIpc) is 2.80. The summed E-state index contributed by atoms with van der Waals surface area (Å²) in [6.45, 7) is 8.00. The zero-order chi connectivity index (χ0) is 15.9. The number of nitrogens with one attached hydrogen (secondary N) is 1. The van der Waals surface area contributed by atoms with Crippen LogP contribution in [0.15, 0.2) is 6.20 Å². The van der Waals surface area contributed by atoms with Gasteiger partial charge in [0.25, 0.3) is 0 Å². The highest BCUT2D eigenvalue weighted by atomic mass is 32.2. The lowest BCUT2D eigenvalue weighted by molar-refractivity contribution is 0.327. The van der Waals surface area contributed by atoms with Crippen LogP contribution in [0, 0.1) is 5.92 Å². The van der Waals surface area contributed by atoms with Crippen LogP contribution in [0.5, 0.6) is 0 Å². The third kappa shape index (κ3) is 8.79. The van der Waals surface area contributed by atoms with Crippen molar-refractivity contribution in [3.8, 4) is 0 Å². The highest BCUT2D eigenvalue weighted by molar-refractivity contribution is 7.90. The maximum atomic E-state index is 11.1. The lowest BCUT2D eigenvalue weighted by atomic mass is 10.2. The van der Waals surface area contributed by atoms with Crippen LogP contribution >= 0.6 is 0 Å². The Bertz CT molecular complexity index is 512. The molecular weight excluding hydrogens is 290 g/mol. The standard InChI is InChI=1S/C13H27N5O2S/c1-12(2)9-14-10-13-11-18(16-15-13)6-5-17(3)7-8-21(4,19)20/h11-12,14H,5-10H2,1-4H3. The Labute approximate surface area is 127 Å². The molecule has 7 nitrogen and oxygen atoms in total. The van der Waals surface area contributed by atoms with Crippen molar-refractivity contribution in [3.63, 3.8) is 0 Å². The second-order valence-electron chi connectivity index (χ2n) is 5.93. The molecule has 0 aromatic carbocycles. The smallest absolute Gasteiger partial charge is 0.148 e. The van der Waals surface area contributed by atoms with Crippen molar-refractivity contribution in [2.45, 2.75) is 26.9 Å². The summed E-state index contributed by atoms with van der Waals surface area (Å²) in [7, 11) is -0.990.